The molecular formula is C12H16N2O4. The third-order valence-corrected chi connectivity index (χ3v) is 2.96. The van der Waals surface area contributed by atoms with Crippen molar-refractivity contribution in [2.75, 3.05) is 0 Å². The molecular weight excluding hydrogens is 236 g/mol. The Kier molecular flexibility index (Phi) is 3.41. The Morgan fingerprint density at radius 1 is 1.00 bits per heavy atom. The number of benzene rings is 1. The number of hydrogen-bond acceptors (Lipinski definition) is 4. The fraction of sp³-hybridized carbons (Fsp3) is 0.500. The Bertz CT molecular complexity index is 530. The average molecular weight is 252 g/mol. The molecule has 1 rings (SSSR count). The molecule has 0 fully saturated rings. The molecule has 0 aliphatic heterocycles. The molecule has 0 atom stereocenters. The summed E-state index contributed by atoms with van der Waals surface area (Å²) in [6.07, 6.45) is 0. The predicted molar refractivity (Wildman–Crippen MR) is 67.9 cm³/mol. The lowest BCUT2D eigenvalue weighted by atomic mass is 9.83. The van der Waals surface area contributed by atoms with Gasteiger partial charge in [0.1, 0.15) is 0 Å². The van der Waals surface area contributed by atoms with Crippen molar-refractivity contribution in [2.45, 2.75) is 40.0 Å². The van der Waals surface area contributed by atoms with Crippen LogP contribution in [0.25, 0.3) is 0 Å². The molecule has 6 heteroatoms. The molecule has 0 spiro atoms. The van der Waals surface area contributed by atoms with Gasteiger partial charge >= 0.3 is 11.4 Å². The number of nitro benzene ring substituents is 2. The first kappa shape index (κ1) is 14.1. The zero-order chi connectivity index (χ0) is 14.2. The molecule has 0 amide bonds. The monoisotopic (exact) mass is 252 g/mol. The van der Waals surface area contributed by atoms with E-state index in [9.17, 15) is 20.2 Å². The quantitative estimate of drug-likeness (QED) is 0.596. The van der Waals surface area contributed by atoms with Crippen LogP contribution in [0.5, 0.6) is 0 Å². The molecule has 0 saturated carbocycles. The van der Waals surface area contributed by atoms with Crippen LogP contribution in [0.15, 0.2) is 6.07 Å². The molecule has 0 unspecified atom stereocenters. The third kappa shape index (κ3) is 2.32. The van der Waals surface area contributed by atoms with Crippen molar-refractivity contribution in [2.24, 2.45) is 0 Å². The zero-order valence-electron chi connectivity index (χ0n) is 11.1. The van der Waals surface area contributed by atoms with Crippen LogP contribution in [0.3, 0.4) is 0 Å². The summed E-state index contributed by atoms with van der Waals surface area (Å²) in [5, 5.41) is 22.2. The first-order valence-corrected chi connectivity index (χ1v) is 5.50. The zero-order valence-corrected chi connectivity index (χ0v) is 11.1. The largest absolute Gasteiger partial charge is 0.350 e. The molecule has 0 aliphatic rings. The molecule has 0 bridgehead atoms. The van der Waals surface area contributed by atoms with E-state index in [1.165, 1.54) is 6.92 Å². The van der Waals surface area contributed by atoms with E-state index >= 15 is 0 Å². The lowest BCUT2D eigenvalue weighted by Gasteiger charge is -2.20. The van der Waals surface area contributed by atoms with Crippen LogP contribution in [0.4, 0.5) is 11.4 Å². The highest BCUT2D eigenvalue weighted by Gasteiger charge is 2.36. The van der Waals surface area contributed by atoms with Gasteiger partial charge < -0.3 is 0 Å². The molecule has 18 heavy (non-hydrogen) atoms. The normalized spacial score (nSPS) is 11.4. The van der Waals surface area contributed by atoms with Crippen molar-refractivity contribution < 1.29 is 9.85 Å². The van der Waals surface area contributed by atoms with Crippen LogP contribution in [0, 0.1) is 34.1 Å². The summed E-state index contributed by atoms with van der Waals surface area (Å²) < 4.78 is 0. The standard InChI is InChI=1S/C12H16N2O4/c1-7-6-9(12(3,4)5)11(14(17)18)10(8(7)2)13(15)16/h6H,1-5H3. The highest BCUT2D eigenvalue weighted by molar-refractivity contribution is 5.66. The van der Waals surface area contributed by atoms with Gasteiger partial charge in [-0.1, -0.05) is 20.8 Å². The molecule has 1 aromatic carbocycles. The van der Waals surface area contributed by atoms with Crippen LogP contribution >= 0.6 is 0 Å². The van der Waals surface area contributed by atoms with Crippen molar-refractivity contribution in [1.82, 2.24) is 0 Å². The van der Waals surface area contributed by atoms with Crippen molar-refractivity contribution in [3.63, 3.8) is 0 Å². The van der Waals surface area contributed by atoms with Gasteiger partial charge in [0.15, 0.2) is 0 Å². The van der Waals surface area contributed by atoms with E-state index < -0.39 is 26.6 Å². The van der Waals surface area contributed by atoms with E-state index in [4.69, 9.17) is 0 Å². The minimum Gasteiger partial charge on any atom is -0.258 e. The molecule has 0 saturated heterocycles. The van der Waals surface area contributed by atoms with Crippen LogP contribution in [0.2, 0.25) is 0 Å². The molecule has 0 radical (unpaired) electrons. The van der Waals surface area contributed by atoms with Gasteiger partial charge in [-0.2, -0.15) is 0 Å². The first-order chi connectivity index (χ1) is 8.07. The Hall–Kier alpha value is -1.98. The van der Waals surface area contributed by atoms with Crippen LogP contribution < -0.4 is 0 Å². The summed E-state index contributed by atoms with van der Waals surface area (Å²) in [5.74, 6) is 0. The summed E-state index contributed by atoms with van der Waals surface area (Å²) in [4.78, 5) is 20.9. The van der Waals surface area contributed by atoms with E-state index in [2.05, 4.69) is 0 Å². The maximum Gasteiger partial charge on any atom is 0.350 e. The number of nitrogens with zero attached hydrogens (tertiary/aromatic N) is 2. The van der Waals surface area contributed by atoms with E-state index in [-0.39, 0.29) is 0 Å². The van der Waals surface area contributed by atoms with Gasteiger partial charge in [0.25, 0.3) is 0 Å². The molecule has 1 aromatic rings. The van der Waals surface area contributed by atoms with Crippen molar-refractivity contribution in [3.05, 3.63) is 43.0 Å². The Morgan fingerprint density at radius 2 is 1.44 bits per heavy atom. The number of rotatable bonds is 2. The Labute approximate surface area is 105 Å². The molecule has 0 N–H and O–H groups in total. The van der Waals surface area contributed by atoms with E-state index in [0.29, 0.717) is 16.7 Å². The lowest BCUT2D eigenvalue weighted by molar-refractivity contribution is -0.423. The van der Waals surface area contributed by atoms with Gasteiger partial charge in [-0.05, 0) is 30.9 Å². The van der Waals surface area contributed by atoms with Gasteiger partial charge in [-0.15, -0.1) is 0 Å². The lowest BCUT2D eigenvalue weighted by Crippen LogP contribution is -2.16. The van der Waals surface area contributed by atoms with E-state index in [1.807, 2.05) is 0 Å². The fourth-order valence-corrected chi connectivity index (χ4v) is 1.86. The number of nitro groups is 2. The second kappa shape index (κ2) is 4.36. The third-order valence-electron chi connectivity index (χ3n) is 2.96. The van der Waals surface area contributed by atoms with Gasteiger partial charge in [-0.3, -0.25) is 20.2 Å². The SMILES string of the molecule is Cc1cc(C(C)(C)C)c([N+](=O)[O-])c([N+](=O)[O-])c1C. The first-order valence-electron chi connectivity index (χ1n) is 5.50. The topological polar surface area (TPSA) is 86.3 Å². The highest BCUT2D eigenvalue weighted by atomic mass is 16.6. The molecule has 0 heterocycles. The van der Waals surface area contributed by atoms with E-state index in [0.717, 1.165) is 0 Å². The summed E-state index contributed by atoms with van der Waals surface area (Å²) in [7, 11) is 0. The second-order valence-corrected chi connectivity index (χ2v) is 5.33. The number of aryl methyl sites for hydroxylation is 1. The average Bonchev–Trinajstić information content (AvgIpc) is 2.18. The summed E-state index contributed by atoms with van der Waals surface area (Å²) >= 11 is 0. The maximum absolute atomic E-state index is 11.2. The predicted octanol–water partition coefficient (Wildman–Crippen LogP) is 3.42. The molecule has 6 nitrogen and oxygen atoms in total. The Morgan fingerprint density at radius 3 is 1.78 bits per heavy atom. The van der Waals surface area contributed by atoms with E-state index in [1.54, 1.807) is 33.8 Å². The summed E-state index contributed by atoms with van der Waals surface area (Å²) in [5.41, 5.74) is 0.116. The van der Waals surface area contributed by atoms with Gasteiger partial charge in [0.2, 0.25) is 0 Å². The molecule has 98 valence electrons. The van der Waals surface area contributed by atoms with Crippen molar-refractivity contribution in [1.29, 1.82) is 0 Å². The fourth-order valence-electron chi connectivity index (χ4n) is 1.86. The van der Waals surface area contributed by atoms with Crippen molar-refractivity contribution in [3.8, 4) is 0 Å². The number of hydrogen-bond donors (Lipinski definition) is 0. The summed E-state index contributed by atoms with van der Waals surface area (Å²) in [6, 6.07) is 1.67. The Balaban J connectivity index is 3.85. The van der Waals surface area contributed by atoms with Gasteiger partial charge in [-0.25, -0.2) is 0 Å². The van der Waals surface area contributed by atoms with Crippen molar-refractivity contribution >= 4 is 11.4 Å². The minimum atomic E-state index is -0.671. The van der Waals surface area contributed by atoms with Crippen LogP contribution in [0.1, 0.15) is 37.5 Å². The van der Waals surface area contributed by atoms with Gasteiger partial charge in [0.05, 0.1) is 9.85 Å². The van der Waals surface area contributed by atoms with Gasteiger partial charge in [0, 0.05) is 11.1 Å². The van der Waals surface area contributed by atoms with Crippen LogP contribution in [-0.2, 0) is 5.41 Å². The second-order valence-electron chi connectivity index (χ2n) is 5.33. The molecule has 0 aliphatic carbocycles. The smallest absolute Gasteiger partial charge is 0.258 e. The summed E-state index contributed by atoms with van der Waals surface area (Å²) in [6.45, 7) is 8.66. The highest BCUT2D eigenvalue weighted by Crippen LogP contribution is 2.41. The van der Waals surface area contributed by atoms with Crippen LogP contribution in [-0.4, -0.2) is 9.85 Å². The maximum atomic E-state index is 11.2. The minimum absolute atomic E-state index is 0.347. The molecule has 0 aromatic heterocycles.